The van der Waals surface area contributed by atoms with Crippen molar-refractivity contribution in [3.63, 3.8) is 0 Å². The van der Waals surface area contributed by atoms with Crippen LogP contribution in [0.2, 0.25) is 0 Å². The van der Waals surface area contributed by atoms with E-state index in [0.717, 1.165) is 0 Å². The third kappa shape index (κ3) is 801. The quantitative estimate of drug-likeness (QED) is 0.386. The molecule has 5 heteroatoms. The Labute approximate surface area is 29.5 Å². The van der Waals surface area contributed by atoms with Gasteiger partial charge in [0.2, 0.25) is 0 Å². The highest BCUT2D eigenvalue weighted by molar-refractivity contribution is 7.83. The van der Waals surface area contributed by atoms with E-state index in [1.54, 1.807) is 0 Å². The molecule has 0 heterocycles. The monoisotopic (exact) mass is 95.0 g/mol. The van der Waals surface area contributed by atoms with Crippen molar-refractivity contribution in [3.8, 4) is 0 Å². The molecule has 0 fully saturated rings. The fourth-order valence-electron chi connectivity index (χ4n) is 0. The van der Waals surface area contributed by atoms with Gasteiger partial charge in [-0.2, -0.15) is 8.42 Å². The molecule has 2 radical (unpaired) electrons. The van der Waals surface area contributed by atoms with E-state index < -0.39 is 10.3 Å². The number of rotatable bonds is 0. The van der Waals surface area contributed by atoms with E-state index in [4.69, 9.17) is 18.1 Å². The van der Waals surface area contributed by atoms with Crippen molar-refractivity contribution in [1.82, 2.24) is 5.14 Å². The first-order chi connectivity index (χ1) is 2.00. The first kappa shape index (κ1) is 4.87. The Morgan fingerprint density at radius 1 is 1.60 bits per heavy atom. The lowest BCUT2D eigenvalue weighted by atomic mass is 13.9. The molecule has 0 bridgehead atoms. The minimum atomic E-state index is -4.67. The Balaban J connectivity index is 4.06. The van der Waals surface area contributed by atoms with Crippen molar-refractivity contribution < 1.29 is 13.0 Å². The molecular formula is HNO3S. The topological polar surface area (TPSA) is 76.7 Å². The normalized spacial score (nSPS) is 11.6. The van der Waals surface area contributed by atoms with E-state index >= 15 is 0 Å². The van der Waals surface area contributed by atoms with Crippen LogP contribution in [0.5, 0.6) is 0 Å². The number of nitrogens with zero attached hydrogens (tertiary/aromatic N) is 1. The van der Waals surface area contributed by atoms with Gasteiger partial charge in [-0.25, -0.2) is 0 Å². The van der Waals surface area contributed by atoms with Gasteiger partial charge in [-0.05, 0) is 0 Å². The zero-order chi connectivity index (χ0) is 4.50. The lowest BCUT2D eigenvalue weighted by Gasteiger charge is -1.64. The van der Waals surface area contributed by atoms with Gasteiger partial charge >= 0.3 is 10.3 Å². The SMILES string of the molecule is [N]S(=O)(=O)O. The predicted octanol–water partition coefficient (Wildman–Crippen LogP) is -1.14. The van der Waals surface area contributed by atoms with Crippen LogP contribution in [0.25, 0.3) is 0 Å². The molecule has 0 unspecified atom stereocenters. The van der Waals surface area contributed by atoms with Gasteiger partial charge in [-0.15, -0.1) is 0 Å². The Hall–Kier alpha value is -0.130. The van der Waals surface area contributed by atoms with Crippen LogP contribution >= 0.6 is 0 Å². The third-order valence-corrected chi connectivity index (χ3v) is 0. The largest absolute Gasteiger partial charge is 0.367 e. The molecular weight excluding hydrogens is 94.1 g/mol. The minimum absolute atomic E-state index is 4.67. The summed E-state index contributed by atoms with van der Waals surface area (Å²) in [5, 5.41) is 7.05. The standard InChI is InChI=1S/HNO3S/c1-5(2,3)4/h(H,2,3,4). The lowest BCUT2D eigenvalue weighted by molar-refractivity contribution is 0.483. The van der Waals surface area contributed by atoms with Gasteiger partial charge in [-0.3, -0.25) is 4.55 Å². The smallest absolute Gasteiger partial charge is 0.271 e. The first-order valence-corrected chi connectivity index (χ1v) is 2.10. The summed E-state index contributed by atoms with van der Waals surface area (Å²) in [6, 6.07) is 0. The van der Waals surface area contributed by atoms with Crippen molar-refractivity contribution in [1.29, 1.82) is 0 Å². The average Bonchev–Trinajstić information content (AvgIpc) is 0.722. The maximum atomic E-state index is 8.74. The van der Waals surface area contributed by atoms with Gasteiger partial charge in [0.05, 0.1) is 0 Å². The molecule has 0 aliphatic rings. The molecule has 0 aromatic rings. The fraction of sp³-hybridized carbons (Fsp3) is 0. The zero-order valence-electron chi connectivity index (χ0n) is 2.12. The Morgan fingerprint density at radius 2 is 1.60 bits per heavy atom. The molecule has 0 aromatic heterocycles. The Morgan fingerprint density at radius 3 is 1.60 bits per heavy atom. The van der Waals surface area contributed by atoms with Crippen LogP contribution in [0.1, 0.15) is 0 Å². The predicted molar refractivity (Wildman–Crippen MR) is 13.7 cm³/mol. The second kappa shape index (κ2) is 0.925. The van der Waals surface area contributed by atoms with Crippen molar-refractivity contribution in [2.24, 2.45) is 0 Å². The summed E-state index contributed by atoms with van der Waals surface area (Å²) in [5.41, 5.74) is 0. The van der Waals surface area contributed by atoms with Crippen LogP contribution in [0.15, 0.2) is 0 Å². The summed E-state index contributed by atoms with van der Waals surface area (Å²) in [6.45, 7) is 0. The highest BCUT2D eigenvalue weighted by atomic mass is 32.2. The number of hydrogen-bond donors (Lipinski definition) is 1. The van der Waals surface area contributed by atoms with Gasteiger partial charge in [0.1, 0.15) is 0 Å². The molecule has 0 amide bonds. The summed E-state index contributed by atoms with van der Waals surface area (Å²) in [7, 11) is -4.67. The molecule has 4 nitrogen and oxygen atoms in total. The van der Waals surface area contributed by atoms with E-state index in [9.17, 15) is 0 Å². The van der Waals surface area contributed by atoms with E-state index in [-0.39, 0.29) is 0 Å². The molecule has 0 atom stereocenters. The minimum Gasteiger partial charge on any atom is -0.271 e. The van der Waals surface area contributed by atoms with Gasteiger partial charge in [0.15, 0.2) is 0 Å². The zero-order valence-corrected chi connectivity index (χ0v) is 2.94. The van der Waals surface area contributed by atoms with Crippen LogP contribution in [0.4, 0.5) is 0 Å². The maximum Gasteiger partial charge on any atom is 0.367 e. The van der Waals surface area contributed by atoms with Crippen LogP contribution in [0, 0.1) is 0 Å². The molecule has 0 aliphatic carbocycles. The molecule has 0 spiro atoms. The van der Waals surface area contributed by atoms with Gasteiger partial charge in [0, 0.05) is 5.14 Å². The van der Waals surface area contributed by atoms with E-state index in [1.807, 2.05) is 0 Å². The summed E-state index contributed by atoms with van der Waals surface area (Å²) >= 11 is 0. The van der Waals surface area contributed by atoms with Gasteiger partial charge in [-0.1, -0.05) is 0 Å². The van der Waals surface area contributed by atoms with E-state index in [0.29, 0.717) is 0 Å². The summed E-state index contributed by atoms with van der Waals surface area (Å²) in [5.74, 6) is 0. The number of hydrogen-bond acceptors (Lipinski definition) is 2. The first-order valence-electron chi connectivity index (χ1n) is 0.698. The summed E-state index contributed by atoms with van der Waals surface area (Å²) in [6.07, 6.45) is 0. The fourth-order valence-corrected chi connectivity index (χ4v) is 0. The third-order valence-electron chi connectivity index (χ3n) is 0. The highest BCUT2D eigenvalue weighted by Gasteiger charge is 1.87. The van der Waals surface area contributed by atoms with Crippen LogP contribution < -0.4 is 5.14 Å². The molecule has 30 valence electrons. The highest BCUT2D eigenvalue weighted by Crippen LogP contribution is 1.56. The molecule has 0 rings (SSSR count). The molecule has 5 heavy (non-hydrogen) atoms. The van der Waals surface area contributed by atoms with Crippen molar-refractivity contribution >= 4 is 10.3 Å². The van der Waals surface area contributed by atoms with Gasteiger partial charge < -0.3 is 0 Å². The van der Waals surface area contributed by atoms with Crippen molar-refractivity contribution in [2.45, 2.75) is 0 Å². The second-order valence-corrected chi connectivity index (χ2v) is 1.34. The van der Waals surface area contributed by atoms with E-state index in [2.05, 4.69) is 0 Å². The second-order valence-electron chi connectivity index (χ2n) is 0.448. The van der Waals surface area contributed by atoms with Crippen molar-refractivity contribution in [2.75, 3.05) is 0 Å². The summed E-state index contributed by atoms with van der Waals surface area (Å²) < 4.78 is 24.5. The Kier molecular flexibility index (Phi) is 0.901. The molecule has 0 saturated heterocycles. The Bertz CT molecular complexity index is 90.1. The maximum absolute atomic E-state index is 8.74. The van der Waals surface area contributed by atoms with Crippen LogP contribution in [-0.4, -0.2) is 13.0 Å². The molecule has 0 aliphatic heterocycles. The van der Waals surface area contributed by atoms with E-state index in [1.165, 1.54) is 0 Å². The molecule has 0 saturated carbocycles. The van der Waals surface area contributed by atoms with Crippen LogP contribution in [0.3, 0.4) is 0 Å². The lowest BCUT2D eigenvalue weighted by Crippen LogP contribution is -1.93. The van der Waals surface area contributed by atoms with Gasteiger partial charge in [0.25, 0.3) is 0 Å². The van der Waals surface area contributed by atoms with Crippen molar-refractivity contribution in [3.05, 3.63) is 0 Å². The molecule has 1 N–H and O–H groups in total. The van der Waals surface area contributed by atoms with Crippen LogP contribution in [-0.2, 0) is 10.3 Å². The summed E-state index contributed by atoms with van der Waals surface area (Å²) in [4.78, 5) is 0. The molecule has 0 aromatic carbocycles. The average molecular weight is 95.1 g/mol.